The Morgan fingerprint density at radius 3 is 2.94 bits per heavy atom. The first-order chi connectivity index (χ1) is 8.08. The monoisotopic (exact) mass is 257 g/mol. The van der Waals surface area contributed by atoms with E-state index < -0.39 is 5.82 Å². The molecule has 5 heteroatoms. The van der Waals surface area contributed by atoms with E-state index in [2.05, 4.69) is 29.1 Å². The number of anilines is 1. The molecule has 0 aliphatic heterocycles. The minimum atomic E-state index is -0.445. The van der Waals surface area contributed by atoms with Crippen molar-refractivity contribution < 1.29 is 4.39 Å². The molecule has 1 aromatic heterocycles. The van der Waals surface area contributed by atoms with Crippen LogP contribution in [0.3, 0.4) is 0 Å². The van der Waals surface area contributed by atoms with Gasteiger partial charge in [0.25, 0.3) is 0 Å². The normalized spacial score (nSPS) is 29.1. The number of halogens is 2. The Balaban J connectivity index is 2.11. The number of nitrogens with one attached hydrogen (secondary N) is 1. The Hall–Kier alpha value is -0.900. The third-order valence-corrected chi connectivity index (χ3v) is 3.93. The molecule has 1 N–H and O–H groups in total. The maximum absolute atomic E-state index is 13.5. The maximum atomic E-state index is 13.5. The summed E-state index contributed by atoms with van der Waals surface area (Å²) in [5, 5.41) is 3.23. The predicted octanol–water partition coefficient (Wildman–Crippen LogP) is 3.51. The highest BCUT2D eigenvalue weighted by Crippen LogP contribution is 2.31. The zero-order valence-electron chi connectivity index (χ0n) is 10.1. The van der Waals surface area contributed by atoms with Crippen LogP contribution in [0.5, 0.6) is 0 Å². The number of aromatic nitrogens is 2. The highest BCUT2D eigenvalue weighted by atomic mass is 35.5. The molecule has 0 saturated heterocycles. The molecule has 0 amide bonds. The molecule has 1 aliphatic carbocycles. The Kier molecular flexibility index (Phi) is 3.82. The lowest BCUT2D eigenvalue weighted by Gasteiger charge is -2.34. The molecule has 0 spiro atoms. The standard InChI is InChI=1S/C12H17ClFN3/c1-7-4-3-5-10(8(7)2)16-11-9(14)6-15-12(13)17-11/h6-8,10H,3-5H2,1-2H3,(H,15,16,17). The van der Waals surface area contributed by atoms with Crippen molar-refractivity contribution in [2.24, 2.45) is 11.8 Å². The average Bonchev–Trinajstić information content (AvgIpc) is 2.30. The zero-order valence-corrected chi connectivity index (χ0v) is 10.8. The number of hydrogen-bond acceptors (Lipinski definition) is 3. The maximum Gasteiger partial charge on any atom is 0.224 e. The summed E-state index contributed by atoms with van der Waals surface area (Å²) in [6.45, 7) is 4.43. The van der Waals surface area contributed by atoms with Crippen LogP contribution in [-0.4, -0.2) is 16.0 Å². The summed E-state index contributed by atoms with van der Waals surface area (Å²) in [6, 6.07) is 0.263. The van der Waals surface area contributed by atoms with Gasteiger partial charge in [-0.25, -0.2) is 9.37 Å². The molecule has 3 unspecified atom stereocenters. The van der Waals surface area contributed by atoms with Crippen LogP contribution in [0.25, 0.3) is 0 Å². The summed E-state index contributed by atoms with van der Waals surface area (Å²) >= 11 is 5.67. The molecule has 1 saturated carbocycles. The van der Waals surface area contributed by atoms with Crippen LogP contribution in [0.1, 0.15) is 33.1 Å². The fourth-order valence-electron chi connectivity index (χ4n) is 2.41. The smallest absolute Gasteiger partial charge is 0.224 e. The predicted molar refractivity (Wildman–Crippen MR) is 66.6 cm³/mol. The highest BCUT2D eigenvalue weighted by Gasteiger charge is 2.27. The van der Waals surface area contributed by atoms with E-state index in [-0.39, 0.29) is 17.1 Å². The summed E-state index contributed by atoms with van der Waals surface area (Å²) in [4.78, 5) is 7.50. The topological polar surface area (TPSA) is 37.8 Å². The van der Waals surface area contributed by atoms with Gasteiger partial charge in [-0.1, -0.05) is 26.7 Å². The van der Waals surface area contributed by atoms with Crippen molar-refractivity contribution in [1.82, 2.24) is 9.97 Å². The molecule has 0 aromatic carbocycles. The van der Waals surface area contributed by atoms with Crippen LogP contribution in [0.4, 0.5) is 10.2 Å². The lowest BCUT2D eigenvalue weighted by atomic mass is 9.78. The Morgan fingerprint density at radius 2 is 2.18 bits per heavy atom. The van der Waals surface area contributed by atoms with Crippen molar-refractivity contribution >= 4 is 17.4 Å². The fourth-order valence-corrected chi connectivity index (χ4v) is 2.54. The van der Waals surface area contributed by atoms with Crippen molar-refractivity contribution in [3.63, 3.8) is 0 Å². The van der Waals surface area contributed by atoms with E-state index in [0.29, 0.717) is 11.8 Å². The Bertz CT molecular complexity index is 399. The van der Waals surface area contributed by atoms with Crippen molar-refractivity contribution in [2.45, 2.75) is 39.2 Å². The fraction of sp³-hybridized carbons (Fsp3) is 0.667. The third-order valence-electron chi connectivity index (χ3n) is 3.74. The van der Waals surface area contributed by atoms with Crippen LogP contribution in [0, 0.1) is 17.7 Å². The van der Waals surface area contributed by atoms with E-state index >= 15 is 0 Å². The van der Waals surface area contributed by atoms with E-state index in [0.717, 1.165) is 12.6 Å². The van der Waals surface area contributed by atoms with E-state index in [1.54, 1.807) is 0 Å². The number of nitrogens with zero attached hydrogens (tertiary/aromatic N) is 2. The van der Waals surface area contributed by atoms with Crippen LogP contribution < -0.4 is 5.32 Å². The SMILES string of the molecule is CC1CCCC(Nc2nc(Cl)ncc2F)C1C. The molecule has 0 bridgehead atoms. The minimum absolute atomic E-state index is 0.0745. The van der Waals surface area contributed by atoms with Crippen molar-refractivity contribution in [1.29, 1.82) is 0 Å². The first-order valence-corrected chi connectivity index (χ1v) is 6.40. The van der Waals surface area contributed by atoms with E-state index in [9.17, 15) is 4.39 Å². The van der Waals surface area contributed by atoms with Crippen LogP contribution in [0.15, 0.2) is 6.20 Å². The number of rotatable bonds is 2. The molecule has 0 radical (unpaired) electrons. The largest absolute Gasteiger partial charge is 0.364 e. The van der Waals surface area contributed by atoms with Gasteiger partial charge in [0.2, 0.25) is 5.28 Å². The summed E-state index contributed by atoms with van der Waals surface area (Å²) in [5.74, 6) is 0.939. The molecule has 17 heavy (non-hydrogen) atoms. The minimum Gasteiger partial charge on any atom is -0.364 e. The van der Waals surface area contributed by atoms with Crippen LogP contribution in [-0.2, 0) is 0 Å². The molecule has 2 rings (SSSR count). The molecular weight excluding hydrogens is 241 g/mol. The van der Waals surface area contributed by atoms with Gasteiger partial charge in [0.15, 0.2) is 11.6 Å². The molecule has 1 aromatic rings. The van der Waals surface area contributed by atoms with Crippen LogP contribution >= 0.6 is 11.6 Å². The molecular formula is C12H17ClFN3. The van der Waals surface area contributed by atoms with Crippen molar-refractivity contribution in [3.05, 3.63) is 17.3 Å². The molecule has 1 heterocycles. The van der Waals surface area contributed by atoms with Gasteiger partial charge in [0.05, 0.1) is 6.20 Å². The van der Waals surface area contributed by atoms with Gasteiger partial charge in [0.1, 0.15) is 0 Å². The van der Waals surface area contributed by atoms with Crippen molar-refractivity contribution in [2.75, 3.05) is 5.32 Å². The van der Waals surface area contributed by atoms with Gasteiger partial charge >= 0.3 is 0 Å². The summed E-state index contributed by atoms with van der Waals surface area (Å²) in [5.41, 5.74) is 0. The van der Waals surface area contributed by atoms with E-state index in [1.807, 2.05) is 0 Å². The van der Waals surface area contributed by atoms with Gasteiger partial charge in [0, 0.05) is 6.04 Å². The lowest BCUT2D eigenvalue weighted by molar-refractivity contribution is 0.252. The molecule has 1 aliphatic rings. The third kappa shape index (κ3) is 2.86. The lowest BCUT2D eigenvalue weighted by Crippen LogP contribution is -2.35. The van der Waals surface area contributed by atoms with E-state index in [4.69, 9.17) is 11.6 Å². The van der Waals surface area contributed by atoms with Gasteiger partial charge in [-0.2, -0.15) is 4.98 Å². The first kappa shape index (κ1) is 12.6. The van der Waals surface area contributed by atoms with E-state index in [1.165, 1.54) is 12.8 Å². The zero-order chi connectivity index (χ0) is 12.4. The first-order valence-electron chi connectivity index (χ1n) is 6.02. The van der Waals surface area contributed by atoms with Gasteiger partial charge in [-0.15, -0.1) is 0 Å². The highest BCUT2D eigenvalue weighted by molar-refractivity contribution is 6.28. The Morgan fingerprint density at radius 1 is 1.41 bits per heavy atom. The summed E-state index contributed by atoms with van der Waals surface area (Å²) in [6.07, 6.45) is 4.57. The van der Waals surface area contributed by atoms with Gasteiger partial charge in [-0.05, 0) is 29.9 Å². The Labute approximate surface area is 106 Å². The summed E-state index contributed by atoms with van der Waals surface area (Å²) < 4.78 is 13.5. The molecule has 94 valence electrons. The molecule has 3 nitrogen and oxygen atoms in total. The number of hydrogen-bond donors (Lipinski definition) is 1. The second-order valence-electron chi connectivity index (χ2n) is 4.85. The summed E-state index contributed by atoms with van der Waals surface area (Å²) in [7, 11) is 0. The molecule has 3 atom stereocenters. The quantitative estimate of drug-likeness (QED) is 0.824. The second kappa shape index (κ2) is 5.17. The second-order valence-corrected chi connectivity index (χ2v) is 5.19. The molecule has 1 fully saturated rings. The van der Waals surface area contributed by atoms with Crippen LogP contribution in [0.2, 0.25) is 5.28 Å². The van der Waals surface area contributed by atoms with Gasteiger partial charge < -0.3 is 5.32 Å². The van der Waals surface area contributed by atoms with Gasteiger partial charge in [-0.3, -0.25) is 0 Å². The van der Waals surface area contributed by atoms with Crippen molar-refractivity contribution in [3.8, 4) is 0 Å². The average molecular weight is 258 g/mol.